The van der Waals surface area contributed by atoms with Crippen LogP contribution >= 0.6 is 0 Å². The van der Waals surface area contributed by atoms with Crippen molar-refractivity contribution in [1.82, 2.24) is 19.4 Å². The van der Waals surface area contributed by atoms with Crippen LogP contribution in [0.5, 0.6) is 0 Å². The minimum atomic E-state index is -0.221. The zero-order valence-electron chi connectivity index (χ0n) is 14.0. The summed E-state index contributed by atoms with van der Waals surface area (Å²) in [5.41, 5.74) is 1.23. The molecule has 5 heteroatoms. The third-order valence-electron chi connectivity index (χ3n) is 5.44. The van der Waals surface area contributed by atoms with E-state index in [2.05, 4.69) is 26.4 Å². The van der Waals surface area contributed by atoms with Crippen molar-refractivity contribution in [2.24, 2.45) is 7.05 Å². The molecule has 124 valence electrons. The molecule has 2 aliphatic heterocycles. The molecule has 5 nitrogen and oxygen atoms in total. The summed E-state index contributed by atoms with van der Waals surface area (Å²) in [6, 6.07) is 0.364. The van der Waals surface area contributed by atoms with Crippen molar-refractivity contribution in [3.63, 3.8) is 0 Å². The van der Waals surface area contributed by atoms with Gasteiger partial charge in [0.2, 0.25) is 0 Å². The lowest BCUT2D eigenvalue weighted by Crippen LogP contribution is -2.54. The Morgan fingerprint density at radius 1 is 1.18 bits per heavy atom. The summed E-state index contributed by atoms with van der Waals surface area (Å²) in [6.07, 6.45) is 8.11. The van der Waals surface area contributed by atoms with Gasteiger partial charge in [0, 0.05) is 38.9 Å². The van der Waals surface area contributed by atoms with Gasteiger partial charge in [-0.1, -0.05) is 12.8 Å². The van der Waals surface area contributed by atoms with Crippen molar-refractivity contribution in [2.75, 3.05) is 26.2 Å². The summed E-state index contributed by atoms with van der Waals surface area (Å²) >= 11 is 0. The second-order valence-electron chi connectivity index (χ2n) is 6.96. The van der Waals surface area contributed by atoms with Crippen LogP contribution in [0.1, 0.15) is 43.6 Å². The van der Waals surface area contributed by atoms with Gasteiger partial charge in [-0.2, -0.15) is 0 Å². The van der Waals surface area contributed by atoms with Crippen molar-refractivity contribution in [3.05, 3.63) is 17.7 Å². The molecule has 1 aromatic rings. The van der Waals surface area contributed by atoms with E-state index in [1.54, 1.807) is 0 Å². The number of likely N-dealkylation sites (tertiary alicyclic amines) is 2. The fourth-order valence-electron chi connectivity index (χ4n) is 3.91. The van der Waals surface area contributed by atoms with E-state index in [0.717, 1.165) is 31.9 Å². The standard InChI is InChI=1S/C17H30N4O/c1-14-18-11-15(19(14)2)12-20-10-7-16(17(22)13-20)21-8-5-3-4-6-9-21/h11,16-17,22H,3-10,12-13H2,1-2H3/t16-,17-/m1/s1. The van der Waals surface area contributed by atoms with Gasteiger partial charge in [-0.15, -0.1) is 0 Å². The van der Waals surface area contributed by atoms with Gasteiger partial charge < -0.3 is 9.67 Å². The van der Waals surface area contributed by atoms with E-state index < -0.39 is 0 Å². The Morgan fingerprint density at radius 3 is 2.50 bits per heavy atom. The summed E-state index contributed by atoms with van der Waals surface area (Å²) in [4.78, 5) is 9.28. The molecule has 0 aromatic carbocycles. The predicted molar refractivity (Wildman–Crippen MR) is 87.7 cm³/mol. The molecule has 2 fully saturated rings. The summed E-state index contributed by atoms with van der Waals surface area (Å²) in [5.74, 6) is 1.05. The molecule has 3 heterocycles. The highest BCUT2D eigenvalue weighted by atomic mass is 16.3. The van der Waals surface area contributed by atoms with E-state index in [4.69, 9.17) is 0 Å². The van der Waals surface area contributed by atoms with Gasteiger partial charge in [-0.3, -0.25) is 9.80 Å². The van der Waals surface area contributed by atoms with Crippen LogP contribution in [0.4, 0.5) is 0 Å². The lowest BCUT2D eigenvalue weighted by molar-refractivity contribution is -0.0149. The Bertz CT molecular complexity index is 479. The van der Waals surface area contributed by atoms with Crippen molar-refractivity contribution in [2.45, 2.75) is 57.7 Å². The molecule has 0 unspecified atom stereocenters. The van der Waals surface area contributed by atoms with Gasteiger partial charge in [-0.05, 0) is 39.3 Å². The fourth-order valence-corrected chi connectivity index (χ4v) is 3.91. The number of hydrogen-bond donors (Lipinski definition) is 1. The third kappa shape index (κ3) is 3.53. The number of rotatable bonds is 3. The lowest BCUT2D eigenvalue weighted by Gasteiger charge is -2.41. The van der Waals surface area contributed by atoms with Crippen LogP contribution in [0.15, 0.2) is 6.20 Å². The number of hydrogen-bond acceptors (Lipinski definition) is 4. The number of aliphatic hydroxyl groups is 1. The van der Waals surface area contributed by atoms with E-state index in [9.17, 15) is 5.11 Å². The zero-order chi connectivity index (χ0) is 15.5. The maximum atomic E-state index is 10.6. The SMILES string of the molecule is Cc1ncc(CN2CC[C@@H](N3CCCCCC3)[C@H](O)C2)n1C. The van der Waals surface area contributed by atoms with Gasteiger partial charge in [0.1, 0.15) is 5.82 Å². The minimum absolute atomic E-state index is 0.221. The van der Waals surface area contributed by atoms with E-state index in [1.807, 2.05) is 13.1 Å². The second-order valence-corrected chi connectivity index (χ2v) is 6.96. The number of piperidine rings is 1. The van der Waals surface area contributed by atoms with Crippen LogP contribution in [0, 0.1) is 6.92 Å². The van der Waals surface area contributed by atoms with Gasteiger partial charge in [-0.25, -0.2) is 4.98 Å². The maximum absolute atomic E-state index is 10.6. The Balaban J connectivity index is 1.56. The molecule has 2 saturated heterocycles. The fraction of sp³-hybridized carbons (Fsp3) is 0.824. The van der Waals surface area contributed by atoms with Crippen molar-refractivity contribution in [1.29, 1.82) is 0 Å². The van der Waals surface area contributed by atoms with E-state index in [1.165, 1.54) is 44.5 Å². The molecular weight excluding hydrogens is 276 g/mol. The Hall–Kier alpha value is -0.910. The number of aliphatic hydroxyl groups excluding tert-OH is 1. The van der Waals surface area contributed by atoms with Crippen molar-refractivity contribution in [3.8, 4) is 0 Å². The smallest absolute Gasteiger partial charge is 0.105 e. The summed E-state index contributed by atoms with van der Waals surface area (Å²) in [7, 11) is 2.07. The normalized spacial score (nSPS) is 28.7. The summed E-state index contributed by atoms with van der Waals surface area (Å²) in [5, 5.41) is 10.6. The molecule has 1 aromatic heterocycles. The van der Waals surface area contributed by atoms with Gasteiger partial charge >= 0.3 is 0 Å². The molecule has 0 aliphatic carbocycles. The molecule has 0 radical (unpaired) electrons. The number of aromatic nitrogens is 2. The van der Waals surface area contributed by atoms with Gasteiger partial charge in [0.25, 0.3) is 0 Å². The predicted octanol–water partition coefficient (Wildman–Crippen LogP) is 1.54. The van der Waals surface area contributed by atoms with Crippen LogP contribution in [-0.4, -0.2) is 62.8 Å². The van der Waals surface area contributed by atoms with E-state index >= 15 is 0 Å². The molecule has 2 atom stereocenters. The van der Waals surface area contributed by atoms with E-state index in [0.29, 0.717) is 6.04 Å². The van der Waals surface area contributed by atoms with Crippen LogP contribution in [-0.2, 0) is 13.6 Å². The summed E-state index contributed by atoms with van der Waals surface area (Å²) < 4.78 is 2.15. The molecule has 3 rings (SSSR count). The first-order chi connectivity index (χ1) is 10.6. The van der Waals surface area contributed by atoms with Crippen LogP contribution in [0.25, 0.3) is 0 Å². The topological polar surface area (TPSA) is 44.5 Å². The molecular formula is C17H30N4O. The monoisotopic (exact) mass is 306 g/mol. The van der Waals surface area contributed by atoms with Crippen LogP contribution < -0.4 is 0 Å². The highest BCUT2D eigenvalue weighted by Gasteiger charge is 2.32. The first-order valence-electron chi connectivity index (χ1n) is 8.77. The van der Waals surface area contributed by atoms with Gasteiger partial charge in [0.15, 0.2) is 0 Å². The Labute approximate surface area is 133 Å². The number of β-amino-alcohol motifs (C(OH)–C–C–N with tert-alkyl or cyclic N) is 1. The molecule has 22 heavy (non-hydrogen) atoms. The Morgan fingerprint density at radius 2 is 1.91 bits per heavy atom. The highest BCUT2D eigenvalue weighted by Crippen LogP contribution is 2.22. The lowest BCUT2D eigenvalue weighted by atomic mass is 9.99. The molecule has 0 spiro atoms. The third-order valence-corrected chi connectivity index (χ3v) is 5.44. The largest absolute Gasteiger partial charge is 0.390 e. The molecule has 0 amide bonds. The van der Waals surface area contributed by atoms with Gasteiger partial charge in [0.05, 0.1) is 11.8 Å². The number of aryl methyl sites for hydroxylation is 1. The zero-order valence-corrected chi connectivity index (χ0v) is 14.0. The Kier molecular flexibility index (Phi) is 5.16. The molecule has 1 N–H and O–H groups in total. The quantitative estimate of drug-likeness (QED) is 0.920. The van der Waals surface area contributed by atoms with Crippen LogP contribution in [0.2, 0.25) is 0 Å². The maximum Gasteiger partial charge on any atom is 0.105 e. The number of nitrogens with zero attached hydrogens (tertiary/aromatic N) is 4. The highest BCUT2D eigenvalue weighted by molar-refractivity contribution is 5.04. The molecule has 0 saturated carbocycles. The number of imidazole rings is 1. The molecule has 0 bridgehead atoms. The first kappa shape index (κ1) is 16.0. The average molecular weight is 306 g/mol. The first-order valence-corrected chi connectivity index (χ1v) is 8.77. The van der Waals surface area contributed by atoms with Crippen molar-refractivity contribution < 1.29 is 5.11 Å². The molecule has 2 aliphatic rings. The second kappa shape index (κ2) is 7.11. The van der Waals surface area contributed by atoms with Crippen LogP contribution in [0.3, 0.4) is 0 Å². The van der Waals surface area contributed by atoms with Crippen molar-refractivity contribution >= 4 is 0 Å². The minimum Gasteiger partial charge on any atom is -0.390 e. The average Bonchev–Trinajstić information content (AvgIpc) is 2.74. The summed E-state index contributed by atoms with van der Waals surface area (Å²) in [6.45, 7) is 7.12. The van der Waals surface area contributed by atoms with E-state index in [-0.39, 0.29) is 6.10 Å².